The summed E-state index contributed by atoms with van der Waals surface area (Å²) < 4.78 is 0. The third kappa shape index (κ3) is 3.24. The van der Waals surface area contributed by atoms with Crippen molar-refractivity contribution in [2.24, 2.45) is 0 Å². The van der Waals surface area contributed by atoms with Crippen LogP contribution in [0.2, 0.25) is 0 Å². The van der Waals surface area contributed by atoms with Gasteiger partial charge < -0.3 is 0 Å². The minimum atomic E-state index is -1.78. The van der Waals surface area contributed by atoms with E-state index in [1.54, 1.807) is 6.20 Å². The van der Waals surface area contributed by atoms with Crippen LogP contribution in [0.4, 0.5) is 0 Å². The Balaban J connectivity index is 1.84. The van der Waals surface area contributed by atoms with Crippen LogP contribution in [-0.2, 0) is 0 Å². The van der Waals surface area contributed by atoms with E-state index in [1.165, 1.54) is 21.5 Å². The topological polar surface area (TPSA) is 12.9 Å². The van der Waals surface area contributed by atoms with Crippen LogP contribution >= 0.6 is 5.51 Å². The van der Waals surface area contributed by atoms with Crippen molar-refractivity contribution < 1.29 is 0 Å². The normalized spacial score (nSPS) is 11.2. The molecule has 4 aromatic rings. The van der Waals surface area contributed by atoms with Gasteiger partial charge in [-0.2, -0.15) is 0 Å². The monoisotopic (exact) mass is 419 g/mol. The van der Waals surface area contributed by atoms with E-state index in [9.17, 15) is 0 Å². The minimum absolute atomic E-state index is 1.14. The SMILES string of the molecule is [Se]=P(c1ccccc1)(c1ccccc1)c1ccc(-c2cccnc2)cc1. The van der Waals surface area contributed by atoms with E-state index in [0.29, 0.717) is 0 Å². The van der Waals surface area contributed by atoms with Crippen LogP contribution in [0, 0.1) is 0 Å². The molecule has 0 amide bonds. The van der Waals surface area contributed by atoms with E-state index in [-0.39, 0.29) is 0 Å². The Kier molecular flexibility index (Phi) is 5.00. The number of aromatic nitrogens is 1. The summed E-state index contributed by atoms with van der Waals surface area (Å²) in [6.45, 7) is 0. The number of rotatable bonds is 4. The molecule has 0 N–H and O–H groups in total. The van der Waals surface area contributed by atoms with Crippen LogP contribution in [0.15, 0.2) is 109 Å². The quantitative estimate of drug-likeness (QED) is 0.359. The third-order valence-electron chi connectivity index (χ3n) is 4.47. The molecule has 0 aliphatic rings. The summed E-state index contributed by atoms with van der Waals surface area (Å²) in [5.41, 5.74) is 0.552. The van der Waals surface area contributed by atoms with Gasteiger partial charge in [0, 0.05) is 0 Å². The first-order valence-corrected chi connectivity index (χ1v) is 12.5. The maximum absolute atomic E-state index is 4.23. The summed E-state index contributed by atoms with van der Waals surface area (Å²) >= 11 is 3.60. The van der Waals surface area contributed by atoms with Crippen molar-refractivity contribution in [1.82, 2.24) is 4.98 Å². The Hall–Kier alpha value is -2.24. The Labute approximate surface area is 162 Å². The van der Waals surface area contributed by atoms with E-state index in [4.69, 9.17) is 0 Å². The Morgan fingerprint density at radius 3 is 1.58 bits per heavy atom. The molecule has 0 fully saturated rings. The summed E-state index contributed by atoms with van der Waals surface area (Å²) in [6.07, 6.45) is 3.71. The molecule has 0 atom stereocenters. The molecule has 3 aromatic carbocycles. The van der Waals surface area contributed by atoms with Crippen molar-refractivity contribution in [3.8, 4) is 11.1 Å². The molecule has 1 aromatic heterocycles. The molecule has 1 nitrogen and oxygen atoms in total. The second-order valence-corrected chi connectivity index (χ2v) is 12.3. The summed E-state index contributed by atoms with van der Waals surface area (Å²) in [5, 5.41) is 4.03. The van der Waals surface area contributed by atoms with Crippen LogP contribution in [0.25, 0.3) is 11.1 Å². The third-order valence-corrected chi connectivity index (χ3v) is 11.5. The molecule has 0 unspecified atom stereocenters. The molecular formula is C23H18NPSe. The molecule has 26 heavy (non-hydrogen) atoms. The van der Waals surface area contributed by atoms with E-state index < -0.39 is 5.51 Å². The van der Waals surface area contributed by atoms with Gasteiger partial charge in [-0.1, -0.05) is 0 Å². The molecule has 0 saturated carbocycles. The zero-order valence-corrected chi connectivity index (χ0v) is 16.8. The second kappa shape index (κ2) is 7.56. The van der Waals surface area contributed by atoms with Crippen molar-refractivity contribution in [3.63, 3.8) is 0 Å². The molecule has 0 aliphatic carbocycles. The van der Waals surface area contributed by atoms with Crippen molar-refractivity contribution in [1.29, 1.82) is 0 Å². The summed E-state index contributed by atoms with van der Waals surface area (Å²) in [7, 11) is 0. The maximum atomic E-state index is 4.23. The molecule has 0 spiro atoms. The predicted molar refractivity (Wildman–Crippen MR) is 114 cm³/mol. The van der Waals surface area contributed by atoms with Gasteiger partial charge in [-0.05, 0) is 0 Å². The fourth-order valence-corrected chi connectivity index (χ4v) is 8.07. The molecule has 1 heterocycles. The van der Waals surface area contributed by atoms with Crippen LogP contribution < -0.4 is 15.9 Å². The van der Waals surface area contributed by atoms with Gasteiger partial charge in [0.2, 0.25) is 0 Å². The fraction of sp³-hybridized carbons (Fsp3) is 0. The molecule has 0 radical (unpaired) electrons. The number of pyridine rings is 1. The molecule has 4 rings (SSSR count). The van der Waals surface area contributed by atoms with Gasteiger partial charge in [-0.3, -0.25) is 0 Å². The van der Waals surface area contributed by atoms with Crippen LogP contribution in [-0.4, -0.2) is 20.1 Å². The number of hydrogen-bond donors (Lipinski definition) is 0. The zero-order chi connectivity index (χ0) is 17.8. The van der Waals surface area contributed by atoms with E-state index >= 15 is 0 Å². The molecule has 0 bridgehead atoms. The molecule has 0 aliphatic heterocycles. The number of benzene rings is 3. The summed E-state index contributed by atoms with van der Waals surface area (Å²) in [6, 6.07) is 34.5. The van der Waals surface area contributed by atoms with Crippen molar-refractivity contribution in [2.75, 3.05) is 0 Å². The molecule has 126 valence electrons. The van der Waals surface area contributed by atoms with Gasteiger partial charge in [-0.25, -0.2) is 0 Å². The van der Waals surface area contributed by atoms with Gasteiger partial charge in [0.25, 0.3) is 0 Å². The Morgan fingerprint density at radius 1 is 0.538 bits per heavy atom. The first-order valence-electron chi connectivity index (χ1n) is 8.51. The average Bonchev–Trinajstić information content (AvgIpc) is 2.75. The van der Waals surface area contributed by atoms with Crippen LogP contribution in [0.1, 0.15) is 0 Å². The predicted octanol–water partition coefficient (Wildman–Crippen LogP) is 4.13. The van der Waals surface area contributed by atoms with Gasteiger partial charge in [0.05, 0.1) is 0 Å². The van der Waals surface area contributed by atoms with E-state index in [0.717, 1.165) is 5.56 Å². The van der Waals surface area contributed by atoms with Gasteiger partial charge in [0.15, 0.2) is 0 Å². The second-order valence-electron chi connectivity index (χ2n) is 6.07. The van der Waals surface area contributed by atoms with E-state index in [2.05, 4.69) is 111 Å². The van der Waals surface area contributed by atoms with Crippen LogP contribution in [0.3, 0.4) is 0 Å². The van der Waals surface area contributed by atoms with Gasteiger partial charge in [0.1, 0.15) is 0 Å². The first kappa shape index (κ1) is 17.2. The average molecular weight is 418 g/mol. The van der Waals surface area contributed by atoms with Crippen molar-refractivity contribution in [3.05, 3.63) is 109 Å². The van der Waals surface area contributed by atoms with Crippen LogP contribution in [0.5, 0.6) is 0 Å². The van der Waals surface area contributed by atoms with E-state index in [1.807, 2.05) is 12.3 Å². The zero-order valence-electron chi connectivity index (χ0n) is 14.2. The first-order chi connectivity index (χ1) is 12.8. The summed E-state index contributed by atoms with van der Waals surface area (Å²) in [4.78, 5) is 4.23. The van der Waals surface area contributed by atoms with Gasteiger partial charge in [-0.15, -0.1) is 0 Å². The Morgan fingerprint density at radius 2 is 1.08 bits per heavy atom. The van der Waals surface area contributed by atoms with Gasteiger partial charge >= 0.3 is 162 Å². The molecule has 0 saturated heterocycles. The fourth-order valence-electron chi connectivity index (χ4n) is 3.12. The standard InChI is InChI=1S/C23H18NPSe/c26-25(21-9-3-1-4-10-21,22-11-5-2-6-12-22)23-15-13-19(14-16-23)20-8-7-17-24-18-20/h1-18H. The number of hydrogen-bond acceptors (Lipinski definition) is 1. The molecule has 3 heteroatoms. The number of nitrogens with zero attached hydrogens (tertiary/aromatic N) is 1. The summed E-state index contributed by atoms with van der Waals surface area (Å²) in [5.74, 6) is 0. The molecular weight excluding hydrogens is 400 g/mol. The van der Waals surface area contributed by atoms with Crippen molar-refractivity contribution >= 4 is 36.5 Å². The Bertz CT molecular complexity index is 986. The van der Waals surface area contributed by atoms with Crippen molar-refractivity contribution in [2.45, 2.75) is 0 Å².